The Morgan fingerprint density at radius 3 is 2.70 bits per heavy atom. The van der Waals surface area contributed by atoms with Gasteiger partial charge in [0.25, 0.3) is 5.56 Å². The Kier molecular flexibility index (Phi) is 6.66. The minimum Gasteiger partial charge on any atom is -0.374 e. The third kappa shape index (κ3) is 4.58. The first kappa shape index (κ1) is 23.2. The number of rotatable bonds is 7. The first-order valence-electron chi connectivity index (χ1n) is 11.0. The Labute approximate surface area is 198 Å². The van der Waals surface area contributed by atoms with Crippen molar-refractivity contribution in [2.75, 3.05) is 48.9 Å². The van der Waals surface area contributed by atoms with Crippen molar-refractivity contribution >= 4 is 28.0 Å². The highest BCUT2D eigenvalue weighted by molar-refractivity contribution is 7.13. The van der Waals surface area contributed by atoms with Crippen LogP contribution in [0.1, 0.15) is 18.2 Å². The molecule has 1 saturated heterocycles. The van der Waals surface area contributed by atoms with E-state index in [1.54, 1.807) is 35.3 Å². The highest BCUT2D eigenvalue weighted by Crippen LogP contribution is 2.27. The quantitative estimate of drug-likeness (QED) is 0.565. The van der Waals surface area contributed by atoms with Crippen LogP contribution in [0.4, 0.5) is 16.6 Å². The molecule has 176 valence electrons. The molecule has 10 heteroatoms. The van der Waals surface area contributed by atoms with Crippen LogP contribution in [0.3, 0.4) is 0 Å². The largest absolute Gasteiger partial charge is 0.374 e. The molecule has 3 aromatic heterocycles. The number of nitrogens with one attached hydrogen (secondary N) is 1. The summed E-state index contributed by atoms with van der Waals surface area (Å²) in [6.07, 6.45) is 3.54. The van der Waals surface area contributed by atoms with Crippen LogP contribution in [0, 0.1) is 13.8 Å². The standard InChI is InChI=1S/C23H31N7O2S/c1-7-32-18-13-30(23-24-8-9-33-23)12-17(18)27-20-15(3)26-21(29(6)22(20)31)16-11-25-19(28(4)5)10-14(16)2/h8-11,17-18,27H,7,12-13H2,1-6H3. The van der Waals surface area contributed by atoms with E-state index >= 15 is 0 Å². The first-order valence-corrected chi connectivity index (χ1v) is 11.9. The summed E-state index contributed by atoms with van der Waals surface area (Å²) < 4.78 is 7.59. The summed E-state index contributed by atoms with van der Waals surface area (Å²) in [5, 5.41) is 6.39. The monoisotopic (exact) mass is 469 g/mol. The zero-order valence-corrected chi connectivity index (χ0v) is 20.8. The highest BCUT2D eigenvalue weighted by Gasteiger charge is 2.35. The van der Waals surface area contributed by atoms with Crippen molar-refractivity contribution in [2.45, 2.75) is 32.9 Å². The number of pyridine rings is 1. The summed E-state index contributed by atoms with van der Waals surface area (Å²) in [4.78, 5) is 31.3. The Hall–Kier alpha value is -2.98. The molecule has 0 aliphatic carbocycles. The summed E-state index contributed by atoms with van der Waals surface area (Å²) in [5.41, 5.74) is 2.91. The van der Waals surface area contributed by atoms with Crippen molar-refractivity contribution in [1.29, 1.82) is 0 Å². The Morgan fingerprint density at radius 1 is 1.27 bits per heavy atom. The van der Waals surface area contributed by atoms with Gasteiger partial charge in [0.05, 0.1) is 17.8 Å². The number of aryl methyl sites for hydroxylation is 2. The lowest BCUT2D eigenvalue weighted by molar-refractivity contribution is 0.0720. The van der Waals surface area contributed by atoms with Crippen LogP contribution in [-0.4, -0.2) is 65.5 Å². The highest BCUT2D eigenvalue weighted by atomic mass is 32.1. The number of anilines is 3. The van der Waals surface area contributed by atoms with E-state index in [0.717, 1.165) is 28.6 Å². The lowest BCUT2D eigenvalue weighted by Crippen LogP contribution is -2.38. The Bertz CT molecular complexity index is 1180. The Balaban J connectivity index is 1.64. The van der Waals surface area contributed by atoms with Gasteiger partial charge < -0.3 is 19.9 Å². The maximum Gasteiger partial charge on any atom is 0.277 e. The number of aromatic nitrogens is 4. The fourth-order valence-electron chi connectivity index (χ4n) is 4.14. The normalized spacial score (nSPS) is 18.1. The second-order valence-corrected chi connectivity index (χ2v) is 9.35. The zero-order chi connectivity index (χ0) is 23.7. The number of ether oxygens (including phenoxy) is 1. The molecule has 0 saturated carbocycles. The molecule has 0 spiro atoms. The molecule has 9 nitrogen and oxygen atoms in total. The van der Waals surface area contributed by atoms with Crippen molar-refractivity contribution in [3.8, 4) is 11.4 Å². The van der Waals surface area contributed by atoms with E-state index in [1.807, 2.05) is 51.2 Å². The van der Waals surface area contributed by atoms with Gasteiger partial charge >= 0.3 is 0 Å². The fraction of sp³-hybridized carbons (Fsp3) is 0.478. The molecule has 1 N–H and O–H groups in total. The van der Waals surface area contributed by atoms with E-state index in [0.29, 0.717) is 30.4 Å². The molecule has 1 aliphatic heterocycles. The van der Waals surface area contributed by atoms with E-state index in [-0.39, 0.29) is 17.7 Å². The van der Waals surface area contributed by atoms with Crippen LogP contribution in [-0.2, 0) is 11.8 Å². The molecule has 1 aliphatic rings. The van der Waals surface area contributed by atoms with E-state index in [1.165, 1.54) is 0 Å². The number of hydrogen-bond acceptors (Lipinski definition) is 9. The average molecular weight is 470 g/mol. The molecular formula is C23H31N7O2S. The first-order chi connectivity index (χ1) is 15.8. The fourth-order valence-corrected chi connectivity index (χ4v) is 4.81. The molecule has 0 aromatic carbocycles. The van der Waals surface area contributed by atoms with Crippen LogP contribution >= 0.6 is 11.3 Å². The molecule has 33 heavy (non-hydrogen) atoms. The summed E-state index contributed by atoms with van der Waals surface area (Å²) >= 11 is 1.61. The van der Waals surface area contributed by atoms with Crippen molar-refractivity contribution < 1.29 is 4.74 Å². The molecule has 1 fully saturated rings. The summed E-state index contributed by atoms with van der Waals surface area (Å²) in [5.74, 6) is 1.47. The number of thiazole rings is 1. The minimum absolute atomic E-state index is 0.0457. The molecular weight excluding hydrogens is 438 g/mol. The van der Waals surface area contributed by atoms with Gasteiger partial charge in [0.15, 0.2) is 5.13 Å². The van der Waals surface area contributed by atoms with Crippen molar-refractivity contribution in [3.63, 3.8) is 0 Å². The number of hydrogen-bond donors (Lipinski definition) is 1. The Morgan fingerprint density at radius 2 is 2.06 bits per heavy atom. The van der Waals surface area contributed by atoms with Gasteiger partial charge in [0, 0.05) is 64.2 Å². The van der Waals surface area contributed by atoms with E-state index in [9.17, 15) is 4.79 Å². The molecule has 0 amide bonds. The van der Waals surface area contributed by atoms with Gasteiger partial charge in [-0.1, -0.05) is 0 Å². The van der Waals surface area contributed by atoms with Gasteiger partial charge in [0.1, 0.15) is 17.3 Å². The van der Waals surface area contributed by atoms with Gasteiger partial charge in [-0.2, -0.15) is 0 Å². The maximum atomic E-state index is 13.4. The van der Waals surface area contributed by atoms with Gasteiger partial charge in [-0.05, 0) is 32.4 Å². The SMILES string of the molecule is CCOC1CN(c2nccs2)CC1Nc1c(C)nc(-c2cnc(N(C)C)cc2C)n(C)c1=O. The van der Waals surface area contributed by atoms with Gasteiger partial charge in [-0.3, -0.25) is 9.36 Å². The average Bonchev–Trinajstić information content (AvgIpc) is 3.44. The van der Waals surface area contributed by atoms with Crippen LogP contribution in [0.5, 0.6) is 0 Å². The number of nitrogens with zero attached hydrogens (tertiary/aromatic N) is 6. The second-order valence-electron chi connectivity index (χ2n) is 8.48. The topological polar surface area (TPSA) is 88.4 Å². The molecule has 4 heterocycles. The van der Waals surface area contributed by atoms with Crippen LogP contribution < -0.4 is 20.7 Å². The van der Waals surface area contributed by atoms with Gasteiger partial charge in [-0.25, -0.2) is 15.0 Å². The summed E-state index contributed by atoms with van der Waals surface area (Å²) in [7, 11) is 5.66. The second kappa shape index (κ2) is 9.48. The summed E-state index contributed by atoms with van der Waals surface area (Å²) in [6.45, 7) is 7.91. The predicted octanol–water partition coefficient (Wildman–Crippen LogP) is 2.69. The molecule has 0 bridgehead atoms. The molecule has 2 atom stereocenters. The van der Waals surface area contributed by atoms with E-state index in [2.05, 4.69) is 20.2 Å². The lowest BCUT2D eigenvalue weighted by atomic mass is 10.1. The zero-order valence-electron chi connectivity index (χ0n) is 20.0. The minimum atomic E-state index is -0.114. The van der Waals surface area contributed by atoms with Crippen molar-refractivity contribution in [1.82, 2.24) is 19.5 Å². The molecule has 0 radical (unpaired) electrons. The van der Waals surface area contributed by atoms with Crippen LogP contribution in [0.2, 0.25) is 0 Å². The van der Waals surface area contributed by atoms with Crippen LogP contribution in [0.15, 0.2) is 28.6 Å². The van der Waals surface area contributed by atoms with E-state index < -0.39 is 0 Å². The van der Waals surface area contributed by atoms with Gasteiger partial charge in [0.2, 0.25) is 0 Å². The molecule has 3 aromatic rings. The van der Waals surface area contributed by atoms with Crippen molar-refractivity contribution in [3.05, 3.63) is 45.5 Å². The summed E-state index contributed by atoms with van der Waals surface area (Å²) in [6, 6.07) is 1.96. The van der Waals surface area contributed by atoms with Crippen LogP contribution in [0.25, 0.3) is 11.4 Å². The third-order valence-electron chi connectivity index (χ3n) is 5.93. The molecule has 2 unspecified atom stereocenters. The molecule has 4 rings (SSSR count). The third-order valence-corrected chi connectivity index (χ3v) is 6.77. The van der Waals surface area contributed by atoms with E-state index in [4.69, 9.17) is 9.72 Å². The lowest BCUT2D eigenvalue weighted by Gasteiger charge is -2.22. The smallest absolute Gasteiger partial charge is 0.277 e. The predicted molar refractivity (Wildman–Crippen MR) is 134 cm³/mol. The maximum absolute atomic E-state index is 13.4. The van der Waals surface area contributed by atoms with Gasteiger partial charge in [-0.15, -0.1) is 11.3 Å². The van der Waals surface area contributed by atoms with Crippen molar-refractivity contribution in [2.24, 2.45) is 7.05 Å².